The first-order chi connectivity index (χ1) is 8.89. The number of hydrogen-bond acceptors (Lipinski definition) is 3. The van der Waals surface area contributed by atoms with E-state index in [9.17, 15) is 9.59 Å². The van der Waals surface area contributed by atoms with Crippen LogP contribution >= 0.6 is 0 Å². The van der Waals surface area contributed by atoms with Crippen molar-refractivity contribution < 1.29 is 14.7 Å². The van der Waals surface area contributed by atoms with Crippen LogP contribution in [0.1, 0.15) is 41.5 Å². The molecule has 0 aliphatic carbocycles. The number of amides is 1. The van der Waals surface area contributed by atoms with Gasteiger partial charge in [0.05, 0.1) is 12.1 Å². The molecule has 0 aromatic heterocycles. The van der Waals surface area contributed by atoms with Crippen LogP contribution in [0.15, 0.2) is 11.6 Å². The first-order valence-electron chi connectivity index (χ1n) is 6.83. The van der Waals surface area contributed by atoms with Gasteiger partial charge in [-0.1, -0.05) is 40.7 Å². The van der Waals surface area contributed by atoms with Crippen molar-refractivity contribution in [2.45, 2.75) is 53.6 Å². The molecule has 20 heavy (non-hydrogen) atoms. The summed E-state index contributed by atoms with van der Waals surface area (Å²) in [6.07, 6.45) is 1.61. The summed E-state index contributed by atoms with van der Waals surface area (Å²) in [5.74, 6) is -1.05. The van der Waals surface area contributed by atoms with Crippen molar-refractivity contribution in [1.82, 2.24) is 4.90 Å². The minimum absolute atomic E-state index is 0.102. The topological polar surface area (TPSA) is 83.6 Å². The zero-order valence-electron chi connectivity index (χ0n) is 13.6. The normalized spacial score (nSPS) is 15.9. The van der Waals surface area contributed by atoms with Crippen LogP contribution in [-0.2, 0) is 9.59 Å². The number of carboxylic acids is 1. The lowest BCUT2D eigenvalue weighted by Crippen LogP contribution is -2.52. The van der Waals surface area contributed by atoms with Crippen molar-refractivity contribution in [3.8, 4) is 0 Å². The highest BCUT2D eigenvalue weighted by Crippen LogP contribution is 2.21. The number of carbonyl (C=O) groups is 2. The molecule has 0 bridgehead atoms. The second-order valence-electron chi connectivity index (χ2n) is 6.68. The van der Waals surface area contributed by atoms with Crippen LogP contribution in [0.5, 0.6) is 0 Å². The summed E-state index contributed by atoms with van der Waals surface area (Å²) >= 11 is 0. The molecule has 2 atom stereocenters. The van der Waals surface area contributed by atoms with Crippen LogP contribution in [0.3, 0.4) is 0 Å². The van der Waals surface area contributed by atoms with Gasteiger partial charge in [-0.3, -0.25) is 4.79 Å². The number of likely N-dealkylation sites (N-methyl/N-ethyl adjacent to an activating group) is 1. The third-order valence-electron chi connectivity index (χ3n) is 3.44. The average Bonchev–Trinajstić information content (AvgIpc) is 2.31. The molecule has 5 heteroatoms. The standard InChI is InChI=1S/C15H28N2O3/c1-9(2)11(8-10(3)14(19)20)17(7)13(18)12(16)15(4,5)6/h8-9,11-12H,16H2,1-7H3,(H,19,20)/b10-8+/t11-,12?/m1/s1. The van der Waals surface area contributed by atoms with Crippen LogP contribution in [0.2, 0.25) is 0 Å². The number of nitrogens with two attached hydrogens (primary N) is 1. The quantitative estimate of drug-likeness (QED) is 0.755. The van der Waals surface area contributed by atoms with Crippen LogP contribution in [-0.4, -0.2) is 41.0 Å². The van der Waals surface area contributed by atoms with Crippen LogP contribution in [0.25, 0.3) is 0 Å². The highest BCUT2D eigenvalue weighted by Gasteiger charge is 2.32. The maximum atomic E-state index is 12.4. The van der Waals surface area contributed by atoms with Gasteiger partial charge in [-0.25, -0.2) is 4.79 Å². The van der Waals surface area contributed by atoms with E-state index in [4.69, 9.17) is 10.8 Å². The van der Waals surface area contributed by atoms with Crippen molar-refractivity contribution in [2.75, 3.05) is 7.05 Å². The predicted molar refractivity (Wildman–Crippen MR) is 80.2 cm³/mol. The number of aliphatic carboxylic acids is 1. The second-order valence-corrected chi connectivity index (χ2v) is 6.68. The maximum Gasteiger partial charge on any atom is 0.331 e. The van der Waals surface area contributed by atoms with E-state index in [1.165, 1.54) is 6.92 Å². The zero-order valence-corrected chi connectivity index (χ0v) is 13.6. The summed E-state index contributed by atoms with van der Waals surface area (Å²) in [5, 5.41) is 8.98. The summed E-state index contributed by atoms with van der Waals surface area (Å²) in [5.41, 5.74) is 5.89. The largest absolute Gasteiger partial charge is 0.478 e. The number of rotatable bonds is 5. The number of hydrogen-bond donors (Lipinski definition) is 2. The molecule has 0 aromatic rings. The van der Waals surface area contributed by atoms with Crippen molar-refractivity contribution in [1.29, 1.82) is 0 Å². The summed E-state index contributed by atoms with van der Waals surface area (Å²) in [4.78, 5) is 24.9. The van der Waals surface area contributed by atoms with Gasteiger partial charge in [0, 0.05) is 12.6 Å². The first-order valence-corrected chi connectivity index (χ1v) is 6.83. The van der Waals surface area contributed by atoms with E-state index in [-0.39, 0.29) is 28.9 Å². The Morgan fingerprint density at radius 3 is 2.00 bits per heavy atom. The number of carboxylic acid groups (broad SMARTS) is 1. The molecule has 1 unspecified atom stereocenters. The summed E-state index contributed by atoms with van der Waals surface area (Å²) < 4.78 is 0. The van der Waals surface area contributed by atoms with Crippen molar-refractivity contribution >= 4 is 11.9 Å². The third-order valence-corrected chi connectivity index (χ3v) is 3.44. The Hall–Kier alpha value is -1.36. The molecular formula is C15H28N2O3. The van der Waals surface area contributed by atoms with E-state index in [0.29, 0.717) is 0 Å². The second kappa shape index (κ2) is 6.88. The average molecular weight is 284 g/mol. The Morgan fingerprint density at radius 2 is 1.70 bits per heavy atom. The molecule has 0 saturated heterocycles. The van der Waals surface area contributed by atoms with Gasteiger partial charge in [0.25, 0.3) is 0 Å². The summed E-state index contributed by atoms with van der Waals surface area (Å²) in [6, 6.07) is -0.903. The predicted octanol–water partition coefficient (Wildman–Crippen LogP) is 1.87. The Labute approximate surface area is 121 Å². The van der Waals surface area contributed by atoms with Gasteiger partial charge in [-0.2, -0.15) is 0 Å². The highest BCUT2D eigenvalue weighted by molar-refractivity contribution is 5.86. The van der Waals surface area contributed by atoms with E-state index in [1.807, 2.05) is 34.6 Å². The van der Waals surface area contributed by atoms with Crippen molar-refractivity contribution in [3.05, 3.63) is 11.6 Å². The molecule has 0 aliphatic heterocycles. The van der Waals surface area contributed by atoms with Gasteiger partial charge in [0.1, 0.15) is 0 Å². The van der Waals surface area contributed by atoms with E-state index in [0.717, 1.165) is 0 Å². The van der Waals surface area contributed by atoms with E-state index in [1.54, 1.807) is 18.0 Å². The smallest absolute Gasteiger partial charge is 0.331 e. The van der Waals surface area contributed by atoms with Crippen LogP contribution in [0.4, 0.5) is 0 Å². The molecule has 0 radical (unpaired) electrons. The molecular weight excluding hydrogens is 256 g/mol. The lowest BCUT2D eigenvalue weighted by Gasteiger charge is -2.35. The number of nitrogens with zero attached hydrogens (tertiary/aromatic N) is 1. The van der Waals surface area contributed by atoms with Crippen LogP contribution < -0.4 is 5.73 Å². The molecule has 5 nitrogen and oxygen atoms in total. The number of carbonyl (C=O) groups excluding carboxylic acids is 1. The fraction of sp³-hybridized carbons (Fsp3) is 0.733. The minimum Gasteiger partial charge on any atom is -0.478 e. The fourth-order valence-electron chi connectivity index (χ4n) is 1.82. The Bertz CT molecular complexity index is 394. The molecule has 3 N–H and O–H groups in total. The Morgan fingerprint density at radius 1 is 1.25 bits per heavy atom. The molecule has 116 valence electrons. The molecule has 0 saturated carbocycles. The van der Waals surface area contributed by atoms with Gasteiger partial charge < -0.3 is 15.7 Å². The third kappa shape index (κ3) is 4.96. The molecule has 0 fully saturated rings. The molecule has 0 rings (SSSR count). The summed E-state index contributed by atoms with van der Waals surface area (Å²) in [7, 11) is 1.67. The lowest BCUT2D eigenvalue weighted by molar-refractivity contribution is -0.136. The van der Waals surface area contributed by atoms with Crippen molar-refractivity contribution in [3.63, 3.8) is 0 Å². The molecule has 0 spiro atoms. The SMILES string of the molecule is C/C(=C\[C@H](C(C)C)N(C)C(=O)C(N)C(C)(C)C)C(=O)O. The maximum absolute atomic E-state index is 12.4. The first kappa shape index (κ1) is 18.6. The van der Waals surface area contributed by atoms with Crippen LogP contribution in [0, 0.1) is 11.3 Å². The van der Waals surface area contributed by atoms with Gasteiger partial charge in [-0.15, -0.1) is 0 Å². The summed E-state index contributed by atoms with van der Waals surface area (Å²) in [6.45, 7) is 11.1. The molecule has 1 amide bonds. The fourth-order valence-corrected chi connectivity index (χ4v) is 1.82. The Kier molecular flexibility index (Phi) is 6.41. The van der Waals surface area contributed by atoms with Gasteiger partial charge in [0.2, 0.25) is 5.91 Å². The highest BCUT2D eigenvalue weighted by atomic mass is 16.4. The van der Waals surface area contributed by atoms with E-state index >= 15 is 0 Å². The Balaban J connectivity index is 5.28. The minimum atomic E-state index is -0.975. The monoisotopic (exact) mass is 284 g/mol. The van der Waals surface area contributed by atoms with Crippen molar-refractivity contribution in [2.24, 2.45) is 17.1 Å². The van der Waals surface area contributed by atoms with E-state index < -0.39 is 12.0 Å². The van der Waals surface area contributed by atoms with E-state index in [2.05, 4.69) is 0 Å². The lowest BCUT2D eigenvalue weighted by atomic mass is 9.86. The van der Waals surface area contributed by atoms with Gasteiger partial charge >= 0.3 is 5.97 Å². The molecule has 0 aliphatic rings. The van der Waals surface area contributed by atoms with Gasteiger partial charge in [-0.05, 0) is 18.3 Å². The molecule has 0 heterocycles. The zero-order chi connectivity index (χ0) is 16.2. The molecule has 0 aromatic carbocycles. The van der Waals surface area contributed by atoms with Gasteiger partial charge in [0.15, 0.2) is 0 Å².